The molecule has 0 aliphatic carbocycles. The molecule has 25 heavy (non-hydrogen) atoms. The Hall–Kier alpha value is -3.11. The normalized spacial score (nSPS) is 10.3. The van der Waals surface area contributed by atoms with E-state index in [4.69, 9.17) is 11.6 Å². The molecule has 2 N–H and O–H groups in total. The molecule has 0 aliphatic rings. The minimum absolute atomic E-state index is 0.0365. The summed E-state index contributed by atoms with van der Waals surface area (Å²) in [5.74, 6) is -0.936. The lowest BCUT2D eigenvalue weighted by molar-refractivity contribution is 0.102. The van der Waals surface area contributed by atoms with Crippen LogP contribution < -0.4 is 5.32 Å². The van der Waals surface area contributed by atoms with Crippen molar-refractivity contribution >= 4 is 29.0 Å². The van der Waals surface area contributed by atoms with E-state index in [1.54, 1.807) is 48.5 Å². The molecule has 0 spiro atoms. The summed E-state index contributed by atoms with van der Waals surface area (Å²) in [6.07, 6.45) is 0. The molecule has 0 radical (unpaired) electrons. The molecule has 0 saturated heterocycles. The standard InChI is InChI=1S/C20H14ClNO3/c21-14-10-11-18(23)16(12-14)20(25)22-17-9-5-4-8-15(17)19(24)13-6-2-1-3-7-13/h1-12,23H,(H,22,25). The monoisotopic (exact) mass is 351 g/mol. The number of benzene rings is 3. The Kier molecular flexibility index (Phi) is 4.82. The number of rotatable bonds is 4. The van der Waals surface area contributed by atoms with Crippen molar-refractivity contribution in [3.8, 4) is 5.75 Å². The van der Waals surface area contributed by atoms with Crippen molar-refractivity contribution in [2.75, 3.05) is 5.32 Å². The first-order chi connectivity index (χ1) is 12.1. The van der Waals surface area contributed by atoms with Gasteiger partial charge in [-0.05, 0) is 30.3 Å². The zero-order valence-electron chi connectivity index (χ0n) is 13.1. The van der Waals surface area contributed by atoms with E-state index in [1.165, 1.54) is 18.2 Å². The van der Waals surface area contributed by atoms with Gasteiger partial charge in [0.1, 0.15) is 5.75 Å². The number of ketones is 1. The van der Waals surface area contributed by atoms with Crippen molar-refractivity contribution in [3.05, 3.63) is 94.5 Å². The average Bonchev–Trinajstić information content (AvgIpc) is 2.64. The highest BCUT2D eigenvalue weighted by Crippen LogP contribution is 2.24. The fraction of sp³-hybridized carbons (Fsp3) is 0. The molecule has 0 aliphatic heterocycles. The van der Waals surface area contributed by atoms with Crippen LogP contribution in [0.1, 0.15) is 26.3 Å². The van der Waals surface area contributed by atoms with Gasteiger partial charge in [0.05, 0.1) is 11.3 Å². The number of phenols is 1. The molecule has 0 bridgehead atoms. The lowest BCUT2D eigenvalue weighted by Gasteiger charge is -2.11. The van der Waals surface area contributed by atoms with Crippen LogP contribution in [0.2, 0.25) is 5.02 Å². The number of carbonyl (C=O) groups excluding carboxylic acids is 2. The van der Waals surface area contributed by atoms with Crippen LogP contribution in [0.5, 0.6) is 5.75 Å². The zero-order valence-corrected chi connectivity index (χ0v) is 13.8. The fourth-order valence-electron chi connectivity index (χ4n) is 2.41. The lowest BCUT2D eigenvalue weighted by Crippen LogP contribution is -2.15. The number of carbonyl (C=O) groups is 2. The van der Waals surface area contributed by atoms with Crippen molar-refractivity contribution < 1.29 is 14.7 Å². The molecular formula is C20H14ClNO3. The molecule has 0 atom stereocenters. The summed E-state index contributed by atoms with van der Waals surface area (Å²) < 4.78 is 0. The number of anilines is 1. The van der Waals surface area contributed by atoms with Gasteiger partial charge < -0.3 is 10.4 Å². The number of hydrogen-bond donors (Lipinski definition) is 2. The summed E-state index contributed by atoms with van der Waals surface area (Å²) in [4.78, 5) is 25.1. The first kappa shape index (κ1) is 16.7. The van der Waals surface area contributed by atoms with Crippen molar-refractivity contribution in [2.24, 2.45) is 0 Å². The summed E-state index contributed by atoms with van der Waals surface area (Å²) in [6.45, 7) is 0. The van der Waals surface area contributed by atoms with Gasteiger partial charge in [-0.15, -0.1) is 0 Å². The highest BCUT2D eigenvalue weighted by atomic mass is 35.5. The predicted octanol–water partition coefficient (Wildman–Crippen LogP) is 4.53. The van der Waals surface area contributed by atoms with E-state index < -0.39 is 5.91 Å². The van der Waals surface area contributed by atoms with Gasteiger partial charge in [0.2, 0.25) is 0 Å². The van der Waals surface area contributed by atoms with Crippen molar-refractivity contribution in [1.82, 2.24) is 0 Å². The van der Waals surface area contributed by atoms with E-state index in [2.05, 4.69) is 5.32 Å². The number of para-hydroxylation sites is 1. The van der Waals surface area contributed by atoms with E-state index in [0.29, 0.717) is 21.8 Å². The topological polar surface area (TPSA) is 66.4 Å². The molecule has 124 valence electrons. The number of halogens is 1. The van der Waals surface area contributed by atoms with E-state index in [9.17, 15) is 14.7 Å². The summed E-state index contributed by atoms with van der Waals surface area (Å²) in [7, 11) is 0. The number of phenolic OH excluding ortho intramolecular Hbond substituents is 1. The van der Waals surface area contributed by atoms with E-state index >= 15 is 0 Å². The Labute approximate surface area is 149 Å². The molecular weight excluding hydrogens is 338 g/mol. The second-order valence-electron chi connectivity index (χ2n) is 5.36. The smallest absolute Gasteiger partial charge is 0.259 e. The number of aromatic hydroxyl groups is 1. The van der Waals surface area contributed by atoms with Crippen LogP contribution in [0.15, 0.2) is 72.8 Å². The third-order valence-corrected chi connectivity index (χ3v) is 3.89. The highest BCUT2D eigenvalue weighted by Gasteiger charge is 2.17. The third-order valence-electron chi connectivity index (χ3n) is 3.66. The van der Waals surface area contributed by atoms with Gasteiger partial charge >= 0.3 is 0 Å². The van der Waals surface area contributed by atoms with Gasteiger partial charge in [0.25, 0.3) is 5.91 Å². The maximum atomic E-state index is 12.7. The SMILES string of the molecule is O=C(Nc1ccccc1C(=O)c1ccccc1)c1cc(Cl)ccc1O. The summed E-state index contributed by atoms with van der Waals surface area (Å²) in [6, 6.07) is 19.7. The number of amides is 1. The molecule has 3 rings (SSSR count). The third kappa shape index (κ3) is 3.70. The minimum atomic E-state index is -0.548. The van der Waals surface area contributed by atoms with Gasteiger partial charge in [0, 0.05) is 16.1 Å². The van der Waals surface area contributed by atoms with Crippen LogP contribution in [0.25, 0.3) is 0 Å². The minimum Gasteiger partial charge on any atom is -0.507 e. The van der Waals surface area contributed by atoms with Crippen LogP contribution in [0.3, 0.4) is 0 Å². The second kappa shape index (κ2) is 7.20. The van der Waals surface area contributed by atoms with Crippen LogP contribution in [-0.2, 0) is 0 Å². The van der Waals surface area contributed by atoms with Crippen molar-refractivity contribution in [2.45, 2.75) is 0 Å². The molecule has 0 heterocycles. The first-order valence-corrected chi connectivity index (χ1v) is 7.92. The largest absolute Gasteiger partial charge is 0.507 e. The van der Waals surface area contributed by atoms with Gasteiger partial charge in [-0.25, -0.2) is 0 Å². The second-order valence-corrected chi connectivity index (χ2v) is 5.79. The lowest BCUT2D eigenvalue weighted by atomic mass is 10.0. The number of nitrogens with one attached hydrogen (secondary N) is 1. The van der Waals surface area contributed by atoms with Gasteiger partial charge in [-0.2, -0.15) is 0 Å². The maximum Gasteiger partial charge on any atom is 0.259 e. The molecule has 3 aromatic carbocycles. The van der Waals surface area contributed by atoms with E-state index in [-0.39, 0.29) is 17.1 Å². The molecule has 0 saturated carbocycles. The highest BCUT2D eigenvalue weighted by molar-refractivity contribution is 6.31. The van der Waals surface area contributed by atoms with Crippen LogP contribution in [0.4, 0.5) is 5.69 Å². The summed E-state index contributed by atoms with van der Waals surface area (Å²) in [5.41, 5.74) is 1.29. The summed E-state index contributed by atoms with van der Waals surface area (Å²) in [5, 5.41) is 12.9. The Morgan fingerprint density at radius 3 is 2.28 bits per heavy atom. The van der Waals surface area contributed by atoms with Crippen LogP contribution in [0, 0.1) is 0 Å². The molecule has 0 fully saturated rings. The van der Waals surface area contributed by atoms with Gasteiger partial charge in [0.15, 0.2) is 5.78 Å². The van der Waals surface area contributed by atoms with E-state index in [1.807, 2.05) is 6.07 Å². The fourth-order valence-corrected chi connectivity index (χ4v) is 2.59. The quantitative estimate of drug-likeness (QED) is 0.679. The van der Waals surface area contributed by atoms with Crippen molar-refractivity contribution in [3.63, 3.8) is 0 Å². The molecule has 5 heteroatoms. The summed E-state index contributed by atoms with van der Waals surface area (Å²) >= 11 is 5.88. The maximum absolute atomic E-state index is 12.7. The molecule has 3 aromatic rings. The molecule has 4 nitrogen and oxygen atoms in total. The molecule has 0 aromatic heterocycles. The van der Waals surface area contributed by atoms with Crippen LogP contribution >= 0.6 is 11.6 Å². The van der Waals surface area contributed by atoms with Gasteiger partial charge in [-0.1, -0.05) is 54.1 Å². The number of hydrogen-bond acceptors (Lipinski definition) is 3. The Morgan fingerprint density at radius 2 is 1.52 bits per heavy atom. The van der Waals surface area contributed by atoms with Gasteiger partial charge in [-0.3, -0.25) is 9.59 Å². The Morgan fingerprint density at radius 1 is 0.840 bits per heavy atom. The van der Waals surface area contributed by atoms with E-state index in [0.717, 1.165) is 0 Å². The predicted molar refractivity (Wildman–Crippen MR) is 97.4 cm³/mol. The Balaban J connectivity index is 1.93. The zero-order chi connectivity index (χ0) is 17.8. The van der Waals surface area contributed by atoms with Crippen molar-refractivity contribution in [1.29, 1.82) is 0 Å². The van der Waals surface area contributed by atoms with Crippen LogP contribution in [-0.4, -0.2) is 16.8 Å². The Bertz CT molecular complexity index is 939. The average molecular weight is 352 g/mol. The molecule has 0 unspecified atom stereocenters. The first-order valence-electron chi connectivity index (χ1n) is 7.55. The molecule has 1 amide bonds.